The number of para-hydroxylation sites is 1. The highest BCUT2D eigenvalue weighted by atomic mass is 32.2. The third kappa shape index (κ3) is 6.42. The summed E-state index contributed by atoms with van der Waals surface area (Å²) in [5.74, 6) is -4.62. The molecule has 0 spiro atoms. The molecule has 37 heavy (non-hydrogen) atoms. The molecule has 0 aliphatic carbocycles. The molecule has 2 aromatic rings. The number of halogens is 3. The molecule has 0 saturated heterocycles. The van der Waals surface area contributed by atoms with Gasteiger partial charge in [0.15, 0.2) is 0 Å². The molecule has 0 bridgehead atoms. The van der Waals surface area contributed by atoms with Crippen molar-refractivity contribution in [3.8, 4) is 11.8 Å². The van der Waals surface area contributed by atoms with Gasteiger partial charge in [-0.05, 0) is 36.8 Å². The summed E-state index contributed by atoms with van der Waals surface area (Å²) in [4.78, 5) is 37.8. The average molecular weight is 534 g/mol. The van der Waals surface area contributed by atoms with E-state index in [4.69, 9.17) is 9.47 Å². The summed E-state index contributed by atoms with van der Waals surface area (Å²) >= 11 is 0.761. The van der Waals surface area contributed by atoms with Crippen LogP contribution in [-0.2, 0) is 25.3 Å². The number of ether oxygens (including phenoxy) is 2. The maximum Gasteiger partial charge on any atom is 0.418 e. The van der Waals surface area contributed by atoms with Crippen LogP contribution in [0.4, 0.5) is 18.9 Å². The van der Waals surface area contributed by atoms with Gasteiger partial charge in [-0.1, -0.05) is 36.0 Å². The summed E-state index contributed by atoms with van der Waals surface area (Å²) in [5, 5.41) is 14.6. The second kappa shape index (κ2) is 11.8. The largest absolute Gasteiger partial charge is 0.494 e. The molecule has 12 heteroatoms. The predicted molar refractivity (Wildman–Crippen MR) is 129 cm³/mol. The van der Waals surface area contributed by atoms with Gasteiger partial charge in [0.2, 0.25) is 11.8 Å². The number of esters is 1. The van der Waals surface area contributed by atoms with Crippen LogP contribution in [0, 0.1) is 17.2 Å². The molecule has 0 aromatic heterocycles. The number of anilines is 1. The standard InChI is InChI=1S/C25H22F3N3O5S/c1-3-36-15-10-8-14(9-11-15)20-16(12-29)23(31-22(33)21(20)24(34)35-2)37-13-19(32)30-18-7-5-4-6-17(18)25(26,27)28/h4-11,20-21H,3,13H2,1-2H3,(H,30,32)(H,31,33)/t20-,21+/m1/s1. The molecule has 2 atom stereocenters. The highest BCUT2D eigenvalue weighted by molar-refractivity contribution is 8.03. The van der Waals surface area contributed by atoms with Gasteiger partial charge >= 0.3 is 12.1 Å². The zero-order chi connectivity index (χ0) is 27.2. The summed E-state index contributed by atoms with van der Waals surface area (Å²) in [6.45, 7) is 2.24. The molecular formula is C25H22F3N3O5S. The minimum atomic E-state index is -4.67. The lowest BCUT2D eigenvalue weighted by molar-refractivity contribution is -0.150. The van der Waals surface area contributed by atoms with E-state index in [-0.39, 0.29) is 10.6 Å². The molecule has 1 aliphatic rings. The summed E-state index contributed by atoms with van der Waals surface area (Å²) in [6, 6.07) is 13.0. The molecule has 0 fully saturated rings. The second-order valence-corrected chi connectivity index (χ2v) is 8.69. The van der Waals surface area contributed by atoms with Crippen LogP contribution in [0.5, 0.6) is 5.75 Å². The molecule has 1 heterocycles. The molecule has 2 N–H and O–H groups in total. The van der Waals surface area contributed by atoms with Gasteiger partial charge in [0.05, 0.1) is 47.4 Å². The second-order valence-electron chi connectivity index (χ2n) is 7.70. The summed E-state index contributed by atoms with van der Waals surface area (Å²) in [5.41, 5.74) is -0.951. The summed E-state index contributed by atoms with van der Waals surface area (Å²) in [6.07, 6.45) is -4.67. The van der Waals surface area contributed by atoms with E-state index in [1.54, 1.807) is 24.3 Å². The van der Waals surface area contributed by atoms with Crippen molar-refractivity contribution in [3.05, 3.63) is 70.3 Å². The van der Waals surface area contributed by atoms with Gasteiger partial charge in [-0.25, -0.2) is 0 Å². The van der Waals surface area contributed by atoms with Crippen molar-refractivity contribution in [3.63, 3.8) is 0 Å². The molecule has 1 aliphatic heterocycles. The van der Waals surface area contributed by atoms with Crippen LogP contribution in [-0.4, -0.2) is 37.3 Å². The van der Waals surface area contributed by atoms with E-state index in [0.717, 1.165) is 31.0 Å². The fourth-order valence-corrected chi connectivity index (χ4v) is 4.63. The summed E-state index contributed by atoms with van der Waals surface area (Å²) < 4.78 is 49.9. The van der Waals surface area contributed by atoms with Gasteiger partial charge in [0.1, 0.15) is 11.7 Å². The van der Waals surface area contributed by atoms with Crippen molar-refractivity contribution in [1.29, 1.82) is 5.26 Å². The quantitative estimate of drug-likeness (QED) is 0.386. The molecule has 8 nitrogen and oxygen atoms in total. The first-order chi connectivity index (χ1) is 17.6. The Hall–Kier alpha value is -3.98. The number of carbonyl (C=O) groups is 3. The van der Waals surface area contributed by atoms with Crippen LogP contribution < -0.4 is 15.4 Å². The van der Waals surface area contributed by atoms with Crippen molar-refractivity contribution in [2.24, 2.45) is 5.92 Å². The van der Waals surface area contributed by atoms with Gasteiger partial charge in [-0.3, -0.25) is 14.4 Å². The predicted octanol–water partition coefficient (Wildman–Crippen LogP) is 4.21. The Morgan fingerprint density at radius 2 is 1.84 bits per heavy atom. The maximum absolute atomic E-state index is 13.2. The van der Waals surface area contributed by atoms with E-state index in [1.807, 2.05) is 13.0 Å². The van der Waals surface area contributed by atoms with Crippen LogP contribution in [0.1, 0.15) is 24.0 Å². The smallest absolute Gasteiger partial charge is 0.418 e. The number of amides is 2. The number of rotatable bonds is 8. The number of hydrogen-bond donors (Lipinski definition) is 2. The summed E-state index contributed by atoms with van der Waals surface area (Å²) in [7, 11) is 1.12. The number of benzene rings is 2. The Morgan fingerprint density at radius 3 is 2.43 bits per heavy atom. The highest BCUT2D eigenvalue weighted by Crippen LogP contribution is 2.41. The molecule has 0 radical (unpaired) electrons. The number of hydrogen-bond acceptors (Lipinski definition) is 7. The van der Waals surface area contributed by atoms with Crippen molar-refractivity contribution in [1.82, 2.24) is 5.32 Å². The van der Waals surface area contributed by atoms with E-state index < -0.39 is 52.8 Å². The molecule has 194 valence electrons. The van der Waals surface area contributed by atoms with E-state index in [9.17, 15) is 32.8 Å². The fraction of sp³-hybridized carbons (Fsp3) is 0.280. The van der Waals surface area contributed by atoms with E-state index in [2.05, 4.69) is 10.6 Å². The van der Waals surface area contributed by atoms with Crippen molar-refractivity contribution < 1.29 is 37.0 Å². The van der Waals surface area contributed by atoms with Crippen LogP contribution in [0.15, 0.2) is 59.1 Å². The van der Waals surface area contributed by atoms with E-state index in [1.165, 1.54) is 12.1 Å². The molecule has 0 unspecified atom stereocenters. The number of carbonyl (C=O) groups excluding carboxylic acids is 3. The minimum absolute atomic E-state index is 0.00708. The number of thioether (sulfide) groups is 1. The molecular weight excluding hydrogens is 511 g/mol. The van der Waals surface area contributed by atoms with Gasteiger partial charge in [0.25, 0.3) is 0 Å². The number of nitrogens with zero attached hydrogens (tertiary/aromatic N) is 1. The van der Waals surface area contributed by atoms with Gasteiger partial charge in [-0.15, -0.1) is 0 Å². The van der Waals surface area contributed by atoms with E-state index >= 15 is 0 Å². The maximum atomic E-state index is 13.2. The van der Waals surface area contributed by atoms with Crippen molar-refractivity contribution in [2.75, 3.05) is 24.8 Å². The number of methoxy groups -OCH3 is 1. The lowest BCUT2D eigenvalue weighted by Gasteiger charge is -2.31. The van der Waals surface area contributed by atoms with Crippen molar-refractivity contribution in [2.45, 2.75) is 19.0 Å². The first kappa shape index (κ1) is 27.6. The zero-order valence-corrected chi connectivity index (χ0v) is 20.5. The van der Waals surface area contributed by atoms with E-state index in [0.29, 0.717) is 17.9 Å². The normalized spacial score (nSPS) is 17.5. The third-order valence-electron chi connectivity index (χ3n) is 5.39. The van der Waals surface area contributed by atoms with Gasteiger partial charge < -0.3 is 20.1 Å². The SMILES string of the molecule is CCOc1ccc([C@@H]2C(C#N)=C(SCC(=O)Nc3ccccc3C(F)(F)F)NC(=O)[C@H]2C(=O)OC)cc1. The monoisotopic (exact) mass is 533 g/mol. The lowest BCUT2D eigenvalue weighted by Crippen LogP contribution is -2.44. The zero-order valence-electron chi connectivity index (χ0n) is 19.7. The van der Waals surface area contributed by atoms with Crippen LogP contribution in [0.3, 0.4) is 0 Å². The third-order valence-corrected chi connectivity index (χ3v) is 6.41. The van der Waals surface area contributed by atoms with Crippen LogP contribution in [0.25, 0.3) is 0 Å². The molecule has 2 aromatic carbocycles. The van der Waals surface area contributed by atoms with Crippen LogP contribution in [0.2, 0.25) is 0 Å². The Bertz CT molecular complexity index is 1260. The highest BCUT2D eigenvalue weighted by Gasteiger charge is 2.44. The molecule has 0 saturated carbocycles. The molecule has 3 rings (SSSR count). The Kier molecular flexibility index (Phi) is 8.83. The van der Waals surface area contributed by atoms with Crippen molar-refractivity contribution >= 4 is 35.2 Å². The topological polar surface area (TPSA) is 118 Å². The minimum Gasteiger partial charge on any atom is -0.494 e. The number of nitrogens with one attached hydrogen (secondary N) is 2. The number of nitriles is 1. The number of allylic oxidation sites excluding steroid dienone is 1. The Balaban J connectivity index is 1.89. The first-order valence-electron chi connectivity index (χ1n) is 10.9. The van der Waals surface area contributed by atoms with Gasteiger partial charge in [0, 0.05) is 5.92 Å². The van der Waals surface area contributed by atoms with Crippen LogP contribution >= 0.6 is 11.8 Å². The molecule has 2 amide bonds. The fourth-order valence-electron chi connectivity index (χ4n) is 3.78. The first-order valence-corrected chi connectivity index (χ1v) is 11.9. The average Bonchev–Trinajstić information content (AvgIpc) is 2.87. The number of alkyl halides is 3. The van der Waals surface area contributed by atoms with Gasteiger partial charge in [-0.2, -0.15) is 18.4 Å². The Morgan fingerprint density at radius 1 is 1.16 bits per heavy atom. The lowest BCUT2D eigenvalue weighted by atomic mass is 9.78. The Labute approximate surface area is 214 Å².